The van der Waals surface area contributed by atoms with Crippen molar-refractivity contribution in [2.75, 3.05) is 5.32 Å². The second-order valence-electron chi connectivity index (χ2n) is 6.50. The number of nitrogens with zero attached hydrogens (tertiary/aromatic N) is 4. The molecule has 0 atom stereocenters. The first-order chi connectivity index (χ1) is 12.1. The highest BCUT2D eigenvalue weighted by molar-refractivity contribution is 7.21. The van der Waals surface area contributed by atoms with Gasteiger partial charge in [0.15, 0.2) is 0 Å². The second-order valence-corrected chi connectivity index (χ2v) is 8.51. The molecule has 25 heavy (non-hydrogen) atoms. The molecule has 0 saturated heterocycles. The lowest BCUT2D eigenvalue weighted by atomic mass is 10.2. The Bertz CT molecular complexity index is 1080. The predicted molar refractivity (Wildman–Crippen MR) is 96.8 cm³/mol. The highest BCUT2D eigenvalue weighted by Gasteiger charge is 2.28. The number of aryl methyl sites for hydroxylation is 2. The lowest BCUT2D eigenvalue weighted by Gasteiger charge is -2.02. The van der Waals surface area contributed by atoms with E-state index in [0.29, 0.717) is 38.3 Å². The first-order valence-electron chi connectivity index (χ1n) is 8.29. The molecule has 1 N–H and O–H groups in total. The Morgan fingerprint density at radius 3 is 2.92 bits per heavy atom. The Hall–Kier alpha value is -2.13. The molecule has 3 aromatic rings. The fraction of sp³-hybridized carbons (Fsp3) is 0.438. The van der Waals surface area contributed by atoms with Gasteiger partial charge in [-0.15, -0.1) is 21.5 Å². The molecule has 0 radical (unpaired) electrons. The van der Waals surface area contributed by atoms with Crippen LogP contribution in [0.15, 0.2) is 4.79 Å². The van der Waals surface area contributed by atoms with E-state index in [1.165, 1.54) is 22.7 Å². The van der Waals surface area contributed by atoms with Crippen molar-refractivity contribution in [2.45, 2.75) is 45.1 Å². The molecule has 0 unspecified atom stereocenters. The topological polar surface area (TPSA) is 89.8 Å². The SMILES string of the molecule is Cc1c(C(=O)Nc2nnc(C3CC3)s2)sc2nc3n(c(=O)c12)CCC3. The van der Waals surface area contributed by atoms with E-state index in [1.807, 2.05) is 6.92 Å². The molecule has 128 valence electrons. The van der Waals surface area contributed by atoms with Crippen LogP contribution in [0.1, 0.15) is 51.2 Å². The molecule has 1 saturated carbocycles. The molecule has 3 aromatic heterocycles. The number of hydrogen-bond donors (Lipinski definition) is 1. The largest absolute Gasteiger partial charge is 0.296 e. The molecule has 1 fully saturated rings. The Morgan fingerprint density at radius 2 is 2.12 bits per heavy atom. The fourth-order valence-electron chi connectivity index (χ4n) is 3.23. The van der Waals surface area contributed by atoms with Crippen LogP contribution in [0.3, 0.4) is 0 Å². The smallest absolute Gasteiger partial charge is 0.267 e. The number of amides is 1. The van der Waals surface area contributed by atoms with Crippen molar-refractivity contribution in [3.8, 4) is 0 Å². The van der Waals surface area contributed by atoms with E-state index in [9.17, 15) is 9.59 Å². The van der Waals surface area contributed by atoms with E-state index < -0.39 is 0 Å². The molecule has 1 amide bonds. The standard InChI is InChI=1S/C16H15N5O2S2/c1-7-10-14(17-9-3-2-6-21(9)15(10)23)24-11(7)12(22)18-16-20-19-13(25-16)8-4-5-8/h8H,2-6H2,1H3,(H,18,20,22). The van der Waals surface area contributed by atoms with Crippen molar-refractivity contribution >= 4 is 43.9 Å². The van der Waals surface area contributed by atoms with Gasteiger partial charge in [0.25, 0.3) is 11.5 Å². The van der Waals surface area contributed by atoms with Crippen LogP contribution in [-0.2, 0) is 13.0 Å². The summed E-state index contributed by atoms with van der Waals surface area (Å²) in [4.78, 5) is 31.1. The third kappa shape index (κ3) is 2.41. The summed E-state index contributed by atoms with van der Waals surface area (Å²) < 4.78 is 1.73. The van der Waals surface area contributed by atoms with Gasteiger partial charge in [-0.1, -0.05) is 11.3 Å². The number of thiophene rings is 1. The Morgan fingerprint density at radius 1 is 1.28 bits per heavy atom. The maximum absolute atomic E-state index is 12.7. The van der Waals surface area contributed by atoms with Crippen LogP contribution >= 0.6 is 22.7 Å². The second kappa shape index (κ2) is 5.43. The fourth-order valence-corrected chi connectivity index (χ4v) is 5.22. The first-order valence-corrected chi connectivity index (χ1v) is 9.92. The van der Waals surface area contributed by atoms with Gasteiger partial charge in [-0.05, 0) is 31.7 Å². The number of rotatable bonds is 3. The lowest BCUT2D eigenvalue weighted by molar-refractivity contribution is 0.103. The van der Waals surface area contributed by atoms with Crippen molar-refractivity contribution in [3.63, 3.8) is 0 Å². The molecule has 0 aromatic carbocycles. The van der Waals surface area contributed by atoms with E-state index in [-0.39, 0.29) is 11.5 Å². The van der Waals surface area contributed by atoms with Gasteiger partial charge in [-0.3, -0.25) is 19.5 Å². The third-order valence-electron chi connectivity index (χ3n) is 4.71. The summed E-state index contributed by atoms with van der Waals surface area (Å²) in [6, 6.07) is 0. The zero-order valence-corrected chi connectivity index (χ0v) is 15.2. The molecule has 0 spiro atoms. The van der Waals surface area contributed by atoms with Gasteiger partial charge in [-0.25, -0.2) is 4.98 Å². The van der Waals surface area contributed by atoms with Crippen LogP contribution in [0.2, 0.25) is 0 Å². The molecule has 1 aliphatic carbocycles. The van der Waals surface area contributed by atoms with E-state index in [0.717, 1.165) is 36.5 Å². The quantitative estimate of drug-likeness (QED) is 0.762. The van der Waals surface area contributed by atoms with E-state index in [4.69, 9.17) is 0 Å². The van der Waals surface area contributed by atoms with Gasteiger partial charge >= 0.3 is 0 Å². The van der Waals surface area contributed by atoms with E-state index in [1.54, 1.807) is 4.57 Å². The number of hydrogen-bond acceptors (Lipinski definition) is 7. The highest BCUT2D eigenvalue weighted by Crippen LogP contribution is 2.42. The monoisotopic (exact) mass is 373 g/mol. The molecular weight excluding hydrogens is 358 g/mol. The summed E-state index contributed by atoms with van der Waals surface area (Å²) in [5.41, 5.74) is 0.668. The van der Waals surface area contributed by atoms with Gasteiger partial charge < -0.3 is 0 Å². The zero-order chi connectivity index (χ0) is 17.1. The number of carbonyl (C=O) groups is 1. The minimum atomic E-state index is -0.247. The maximum Gasteiger partial charge on any atom is 0.267 e. The van der Waals surface area contributed by atoms with Crippen LogP contribution in [0, 0.1) is 6.92 Å². The number of nitrogens with one attached hydrogen (secondary N) is 1. The minimum absolute atomic E-state index is 0.0303. The summed E-state index contributed by atoms with van der Waals surface area (Å²) in [7, 11) is 0. The summed E-state index contributed by atoms with van der Waals surface area (Å²) in [5.74, 6) is 1.09. The molecule has 2 aliphatic rings. The van der Waals surface area contributed by atoms with Crippen molar-refractivity contribution in [3.05, 3.63) is 31.6 Å². The highest BCUT2D eigenvalue weighted by atomic mass is 32.1. The van der Waals surface area contributed by atoms with Gasteiger partial charge in [0, 0.05) is 18.9 Å². The first kappa shape index (κ1) is 15.2. The van der Waals surface area contributed by atoms with Crippen LogP contribution in [-0.4, -0.2) is 25.7 Å². The zero-order valence-electron chi connectivity index (χ0n) is 13.5. The number of anilines is 1. The van der Waals surface area contributed by atoms with Crippen molar-refractivity contribution in [1.82, 2.24) is 19.7 Å². The summed E-state index contributed by atoms with van der Waals surface area (Å²) in [5, 5.41) is 13.1. The van der Waals surface area contributed by atoms with Crippen molar-refractivity contribution in [1.29, 1.82) is 0 Å². The van der Waals surface area contributed by atoms with Gasteiger partial charge in [0.1, 0.15) is 15.7 Å². The number of carbonyl (C=O) groups excluding carboxylic acids is 1. The molecule has 5 rings (SSSR count). The van der Waals surface area contributed by atoms with Crippen molar-refractivity contribution in [2.24, 2.45) is 0 Å². The van der Waals surface area contributed by atoms with Gasteiger partial charge in [0.2, 0.25) is 5.13 Å². The van der Waals surface area contributed by atoms with Crippen LogP contribution in [0.25, 0.3) is 10.2 Å². The van der Waals surface area contributed by atoms with E-state index >= 15 is 0 Å². The number of aromatic nitrogens is 4. The maximum atomic E-state index is 12.7. The van der Waals surface area contributed by atoms with Crippen LogP contribution in [0.4, 0.5) is 5.13 Å². The third-order valence-corrected chi connectivity index (χ3v) is 6.89. The minimum Gasteiger partial charge on any atom is -0.296 e. The Kier molecular flexibility index (Phi) is 3.29. The molecule has 1 aliphatic heterocycles. The number of fused-ring (bicyclic) bond motifs is 2. The lowest BCUT2D eigenvalue weighted by Crippen LogP contribution is -2.20. The average Bonchev–Trinajstić information content (AvgIpc) is 3.01. The van der Waals surface area contributed by atoms with Crippen LogP contribution < -0.4 is 10.9 Å². The summed E-state index contributed by atoms with van der Waals surface area (Å²) >= 11 is 2.71. The summed E-state index contributed by atoms with van der Waals surface area (Å²) in [6.07, 6.45) is 4.07. The molecule has 9 heteroatoms. The van der Waals surface area contributed by atoms with Crippen LogP contribution in [0.5, 0.6) is 0 Å². The molecule has 4 heterocycles. The molecule has 7 nitrogen and oxygen atoms in total. The molecule has 0 bridgehead atoms. The average molecular weight is 373 g/mol. The molecular formula is C16H15N5O2S2. The Balaban J connectivity index is 1.51. The van der Waals surface area contributed by atoms with E-state index in [2.05, 4.69) is 20.5 Å². The van der Waals surface area contributed by atoms with Gasteiger partial charge in [0.05, 0.1) is 10.3 Å². The van der Waals surface area contributed by atoms with Gasteiger partial charge in [-0.2, -0.15) is 0 Å². The predicted octanol–water partition coefficient (Wildman–Crippen LogP) is 2.69. The summed E-state index contributed by atoms with van der Waals surface area (Å²) in [6.45, 7) is 2.52. The normalized spacial score (nSPS) is 16.4. The Labute approximate surface area is 150 Å². The van der Waals surface area contributed by atoms with Crippen molar-refractivity contribution < 1.29 is 4.79 Å².